The van der Waals surface area contributed by atoms with Crippen molar-refractivity contribution >= 4 is 0 Å². The summed E-state index contributed by atoms with van der Waals surface area (Å²) in [5.41, 5.74) is 1.47. The van der Waals surface area contributed by atoms with Gasteiger partial charge >= 0.3 is 6.29 Å². The molecular weight excluding hydrogens is 256 g/mol. The van der Waals surface area contributed by atoms with E-state index in [1.807, 2.05) is 0 Å². The number of aromatic amines is 1. The van der Waals surface area contributed by atoms with E-state index in [9.17, 15) is 13.6 Å². The average molecular weight is 265 g/mol. The third-order valence-electron chi connectivity index (χ3n) is 2.85. The van der Waals surface area contributed by atoms with Crippen LogP contribution in [0.5, 0.6) is 11.5 Å². The van der Waals surface area contributed by atoms with Gasteiger partial charge < -0.3 is 14.5 Å². The second-order valence-corrected chi connectivity index (χ2v) is 4.19. The van der Waals surface area contributed by atoms with Gasteiger partial charge in [-0.25, -0.2) is 0 Å². The molecule has 0 saturated heterocycles. The maximum absolute atomic E-state index is 13.1. The molecule has 2 heterocycles. The number of para-hydroxylation sites is 1. The van der Waals surface area contributed by atoms with Crippen molar-refractivity contribution in [2.75, 3.05) is 0 Å². The standard InChI is InChI=1S/C13H9F2NO3/c1-7-5-11(17)16-6-9(7)8-3-2-4-10-12(8)19-13(14,15)18-10/h2-6H,1H3,(H,16,17). The molecule has 1 aliphatic rings. The SMILES string of the molecule is Cc1cc(=O)[nH]cc1-c1cccc2c1OC(F)(F)O2. The molecule has 3 rings (SSSR count). The van der Waals surface area contributed by atoms with E-state index in [1.54, 1.807) is 19.1 Å². The fourth-order valence-electron chi connectivity index (χ4n) is 2.04. The topological polar surface area (TPSA) is 51.3 Å². The van der Waals surface area contributed by atoms with Gasteiger partial charge in [0.2, 0.25) is 5.56 Å². The number of nitrogens with one attached hydrogen (secondary N) is 1. The monoisotopic (exact) mass is 265 g/mol. The second kappa shape index (κ2) is 3.81. The van der Waals surface area contributed by atoms with E-state index in [4.69, 9.17) is 0 Å². The van der Waals surface area contributed by atoms with Gasteiger partial charge in [-0.05, 0) is 18.6 Å². The Morgan fingerprint density at radius 2 is 2.00 bits per heavy atom. The molecule has 0 radical (unpaired) electrons. The predicted molar refractivity (Wildman–Crippen MR) is 63.4 cm³/mol. The first-order chi connectivity index (χ1) is 8.96. The summed E-state index contributed by atoms with van der Waals surface area (Å²) in [5.74, 6) is -0.0456. The normalized spacial score (nSPS) is 15.5. The van der Waals surface area contributed by atoms with Crippen LogP contribution in [0.3, 0.4) is 0 Å². The third-order valence-corrected chi connectivity index (χ3v) is 2.85. The van der Waals surface area contributed by atoms with Crippen molar-refractivity contribution in [2.24, 2.45) is 0 Å². The number of H-pyrrole nitrogens is 1. The van der Waals surface area contributed by atoms with Crippen LogP contribution < -0.4 is 15.0 Å². The minimum absolute atomic E-state index is 0.0203. The molecule has 1 aromatic carbocycles. The van der Waals surface area contributed by atoms with Crippen LogP contribution in [0.25, 0.3) is 11.1 Å². The van der Waals surface area contributed by atoms with Crippen molar-refractivity contribution < 1.29 is 18.3 Å². The van der Waals surface area contributed by atoms with Crippen LogP contribution in [0.1, 0.15) is 5.56 Å². The Morgan fingerprint density at radius 1 is 1.21 bits per heavy atom. The first-order valence-corrected chi connectivity index (χ1v) is 5.55. The van der Waals surface area contributed by atoms with Crippen LogP contribution in [-0.2, 0) is 0 Å². The lowest BCUT2D eigenvalue weighted by Gasteiger charge is -2.09. The van der Waals surface area contributed by atoms with Crippen molar-refractivity contribution in [3.8, 4) is 22.6 Å². The van der Waals surface area contributed by atoms with E-state index >= 15 is 0 Å². The molecule has 0 fully saturated rings. The molecule has 0 atom stereocenters. The van der Waals surface area contributed by atoms with Crippen LogP contribution in [0.4, 0.5) is 8.78 Å². The van der Waals surface area contributed by atoms with Gasteiger partial charge in [0.1, 0.15) is 0 Å². The first kappa shape index (κ1) is 11.7. The number of hydrogen-bond donors (Lipinski definition) is 1. The van der Waals surface area contributed by atoms with Gasteiger partial charge in [-0.2, -0.15) is 0 Å². The molecule has 98 valence electrons. The summed E-state index contributed by atoms with van der Waals surface area (Å²) in [5, 5.41) is 0. The van der Waals surface area contributed by atoms with Crippen molar-refractivity contribution in [3.05, 3.63) is 46.4 Å². The van der Waals surface area contributed by atoms with Crippen LogP contribution >= 0.6 is 0 Å². The van der Waals surface area contributed by atoms with Gasteiger partial charge in [0.25, 0.3) is 0 Å². The van der Waals surface area contributed by atoms with Gasteiger partial charge in [0, 0.05) is 23.4 Å². The smallest absolute Gasteiger partial charge is 0.395 e. The van der Waals surface area contributed by atoms with Crippen LogP contribution in [0.2, 0.25) is 0 Å². The number of alkyl halides is 2. The summed E-state index contributed by atoms with van der Waals surface area (Å²) >= 11 is 0. The van der Waals surface area contributed by atoms with E-state index in [0.29, 0.717) is 16.7 Å². The molecule has 0 spiro atoms. The third kappa shape index (κ3) is 1.95. The largest absolute Gasteiger partial charge is 0.586 e. The van der Waals surface area contributed by atoms with Crippen LogP contribution in [0, 0.1) is 6.92 Å². The van der Waals surface area contributed by atoms with Gasteiger partial charge in [-0.15, -0.1) is 8.78 Å². The zero-order valence-electron chi connectivity index (χ0n) is 9.87. The molecule has 19 heavy (non-hydrogen) atoms. The Bertz CT molecular complexity index is 709. The zero-order valence-corrected chi connectivity index (χ0v) is 9.87. The van der Waals surface area contributed by atoms with Crippen molar-refractivity contribution in [2.45, 2.75) is 13.2 Å². The van der Waals surface area contributed by atoms with Crippen LogP contribution in [-0.4, -0.2) is 11.3 Å². The molecule has 0 amide bonds. The number of pyridine rings is 1. The van der Waals surface area contributed by atoms with Crippen LogP contribution in [0.15, 0.2) is 35.3 Å². The highest BCUT2D eigenvalue weighted by Gasteiger charge is 2.44. The van der Waals surface area contributed by atoms with Crippen molar-refractivity contribution in [1.29, 1.82) is 0 Å². The zero-order chi connectivity index (χ0) is 13.6. The Kier molecular flexibility index (Phi) is 2.35. The van der Waals surface area contributed by atoms with Gasteiger partial charge in [0.15, 0.2) is 11.5 Å². The summed E-state index contributed by atoms with van der Waals surface area (Å²) < 4.78 is 35.1. The molecule has 1 aliphatic heterocycles. The second-order valence-electron chi connectivity index (χ2n) is 4.19. The number of ether oxygens (including phenoxy) is 2. The summed E-state index contributed by atoms with van der Waals surface area (Å²) in [6, 6.07) is 6.01. The minimum Gasteiger partial charge on any atom is -0.395 e. The summed E-state index contributed by atoms with van der Waals surface area (Å²) in [7, 11) is 0. The lowest BCUT2D eigenvalue weighted by atomic mass is 10.0. The van der Waals surface area contributed by atoms with Gasteiger partial charge in [0.05, 0.1) is 0 Å². The molecule has 0 saturated carbocycles. The Labute approximate surface area is 106 Å². The molecule has 1 aromatic heterocycles. The van der Waals surface area contributed by atoms with E-state index in [1.165, 1.54) is 18.3 Å². The first-order valence-electron chi connectivity index (χ1n) is 5.55. The predicted octanol–water partition coefficient (Wildman–Crippen LogP) is 2.67. The summed E-state index contributed by atoms with van der Waals surface area (Å²) in [6.45, 7) is 1.72. The number of rotatable bonds is 1. The lowest BCUT2D eigenvalue weighted by Crippen LogP contribution is -2.26. The summed E-state index contributed by atoms with van der Waals surface area (Å²) in [6.07, 6.45) is -2.19. The minimum atomic E-state index is -3.66. The van der Waals surface area contributed by atoms with Crippen molar-refractivity contribution in [1.82, 2.24) is 4.98 Å². The van der Waals surface area contributed by atoms with E-state index in [-0.39, 0.29) is 17.1 Å². The van der Waals surface area contributed by atoms with E-state index in [0.717, 1.165) is 0 Å². The molecule has 4 nitrogen and oxygen atoms in total. The highest BCUT2D eigenvalue weighted by Crippen LogP contribution is 2.47. The van der Waals surface area contributed by atoms with E-state index in [2.05, 4.69) is 14.5 Å². The average Bonchev–Trinajstić information content (AvgIpc) is 2.63. The van der Waals surface area contributed by atoms with Crippen molar-refractivity contribution in [3.63, 3.8) is 0 Å². The number of aryl methyl sites for hydroxylation is 1. The lowest BCUT2D eigenvalue weighted by molar-refractivity contribution is -0.286. The molecule has 0 aliphatic carbocycles. The molecule has 6 heteroatoms. The number of benzene rings is 1. The Morgan fingerprint density at radius 3 is 2.74 bits per heavy atom. The Hall–Kier alpha value is -2.37. The molecule has 0 unspecified atom stereocenters. The molecule has 1 N–H and O–H groups in total. The van der Waals surface area contributed by atoms with E-state index < -0.39 is 6.29 Å². The molecule has 2 aromatic rings. The highest BCUT2D eigenvalue weighted by atomic mass is 19.3. The molecule has 0 bridgehead atoms. The maximum atomic E-state index is 13.1. The fraction of sp³-hybridized carbons (Fsp3) is 0.154. The maximum Gasteiger partial charge on any atom is 0.586 e. The number of hydrogen-bond acceptors (Lipinski definition) is 3. The Balaban J connectivity index is 2.18. The quantitative estimate of drug-likeness (QED) is 0.862. The van der Waals surface area contributed by atoms with Gasteiger partial charge in [-0.1, -0.05) is 12.1 Å². The van der Waals surface area contributed by atoms with Gasteiger partial charge in [-0.3, -0.25) is 4.79 Å². The fourth-order valence-corrected chi connectivity index (χ4v) is 2.04. The number of aromatic nitrogens is 1. The number of halogens is 2. The molecular formula is C13H9F2NO3. The number of fused-ring (bicyclic) bond motifs is 1. The highest BCUT2D eigenvalue weighted by molar-refractivity contribution is 5.76. The summed E-state index contributed by atoms with van der Waals surface area (Å²) in [4.78, 5) is 13.7.